The van der Waals surface area contributed by atoms with E-state index < -0.39 is 18.2 Å². The van der Waals surface area contributed by atoms with Crippen molar-refractivity contribution in [1.29, 1.82) is 0 Å². The molecule has 1 fully saturated rings. The molecule has 154 valence electrons. The predicted octanol–water partition coefficient (Wildman–Crippen LogP) is 5.01. The summed E-state index contributed by atoms with van der Waals surface area (Å²) in [6.45, 7) is 6.21. The Bertz CT molecular complexity index is 915. The summed E-state index contributed by atoms with van der Waals surface area (Å²) in [5.74, 6) is 0.256. The van der Waals surface area contributed by atoms with E-state index in [1.165, 1.54) is 12.1 Å². The Labute approximate surface area is 171 Å². The molecule has 29 heavy (non-hydrogen) atoms. The fourth-order valence-electron chi connectivity index (χ4n) is 3.79. The van der Waals surface area contributed by atoms with Gasteiger partial charge in [0.05, 0.1) is 19.6 Å². The first-order valence-electron chi connectivity index (χ1n) is 9.83. The van der Waals surface area contributed by atoms with Crippen molar-refractivity contribution in [3.8, 4) is 16.9 Å². The topological polar surface area (TPSA) is 55.8 Å². The number of carbonyl (C=O) groups excluding carboxylic acids is 1. The summed E-state index contributed by atoms with van der Waals surface area (Å²) in [4.78, 5) is 11.7. The lowest BCUT2D eigenvalue weighted by Crippen LogP contribution is -2.31. The van der Waals surface area contributed by atoms with Crippen LogP contribution in [0.15, 0.2) is 36.4 Å². The molecule has 0 radical (unpaired) electrons. The molecule has 2 aromatic rings. The second-order valence-corrected chi connectivity index (χ2v) is 7.75. The molecule has 1 aliphatic rings. The SMILES string of the molecule is COc1c(C)cc(C(C)C)c(/C=C/C2CC(O)CC(=O)O2)c1-c1ccc(F)cc1. The summed E-state index contributed by atoms with van der Waals surface area (Å²) in [7, 11) is 1.62. The summed E-state index contributed by atoms with van der Waals surface area (Å²) in [5.41, 5.74) is 4.75. The minimum absolute atomic E-state index is 0.0285. The zero-order valence-electron chi connectivity index (χ0n) is 17.2. The minimum atomic E-state index is -0.695. The summed E-state index contributed by atoms with van der Waals surface area (Å²) >= 11 is 0. The number of cyclic esters (lactones) is 1. The van der Waals surface area contributed by atoms with Gasteiger partial charge in [0, 0.05) is 12.0 Å². The van der Waals surface area contributed by atoms with Crippen molar-refractivity contribution in [1.82, 2.24) is 0 Å². The highest BCUT2D eigenvalue weighted by molar-refractivity contribution is 5.84. The fraction of sp³-hybridized carbons (Fsp3) is 0.375. The summed E-state index contributed by atoms with van der Waals surface area (Å²) in [5, 5.41) is 9.88. The highest BCUT2D eigenvalue weighted by atomic mass is 19.1. The third kappa shape index (κ3) is 4.67. The zero-order chi connectivity index (χ0) is 21.1. The molecule has 1 saturated heterocycles. The highest BCUT2D eigenvalue weighted by Crippen LogP contribution is 2.41. The summed E-state index contributed by atoms with van der Waals surface area (Å²) in [6.07, 6.45) is 2.95. The van der Waals surface area contributed by atoms with E-state index in [-0.39, 0.29) is 18.2 Å². The Kier molecular flexibility index (Phi) is 6.38. The maximum Gasteiger partial charge on any atom is 0.309 e. The van der Waals surface area contributed by atoms with Crippen LogP contribution < -0.4 is 4.74 Å². The Hall–Kier alpha value is -2.66. The molecule has 2 unspecified atom stereocenters. The summed E-state index contributed by atoms with van der Waals surface area (Å²) in [6, 6.07) is 8.42. The van der Waals surface area contributed by atoms with Crippen LogP contribution >= 0.6 is 0 Å². The number of benzene rings is 2. The van der Waals surface area contributed by atoms with Crippen molar-refractivity contribution in [3.63, 3.8) is 0 Å². The van der Waals surface area contributed by atoms with Crippen LogP contribution in [0.5, 0.6) is 5.75 Å². The van der Waals surface area contributed by atoms with E-state index in [1.54, 1.807) is 19.2 Å². The van der Waals surface area contributed by atoms with Crippen molar-refractivity contribution >= 4 is 12.0 Å². The number of hydrogen-bond acceptors (Lipinski definition) is 4. The maximum absolute atomic E-state index is 13.5. The number of ether oxygens (including phenoxy) is 2. The molecule has 0 spiro atoms. The summed E-state index contributed by atoms with van der Waals surface area (Å²) < 4.78 is 24.6. The quantitative estimate of drug-likeness (QED) is 0.719. The molecule has 4 nitrogen and oxygen atoms in total. The third-order valence-electron chi connectivity index (χ3n) is 5.16. The number of methoxy groups -OCH3 is 1. The number of carbonyl (C=O) groups is 1. The third-order valence-corrected chi connectivity index (χ3v) is 5.16. The van der Waals surface area contributed by atoms with E-state index in [1.807, 2.05) is 19.1 Å². The number of aryl methyl sites for hydroxylation is 1. The normalized spacial score (nSPS) is 19.6. The molecule has 1 N–H and O–H groups in total. The Balaban J connectivity index is 2.16. The lowest BCUT2D eigenvalue weighted by Gasteiger charge is -2.24. The van der Waals surface area contributed by atoms with Crippen LogP contribution in [0.2, 0.25) is 0 Å². The lowest BCUT2D eigenvalue weighted by atomic mass is 9.86. The second kappa shape index (κ2) is 8.78. The van der Waals surface area contributed by atoms with E-state index in [0.717, 1.165) is 33.6 Å². The van der Waals surface area contributed by atoms with E-state index >= 15 is 0 Å². The Morgan fingerprint density at radius 3 is 2.55 bits per heavy atom. The monoisotopic (exact) mass is 398 g/mol. The van der Waals surface area contributed by atoms with Gasteiger partial charge in [-0.3, -0.25) is 4.79 Å². The van der Waals surface area contributed by atoms with Crippen LogP contribution in [-0.4, -0.2) is 30.4 Å². The number of aliphatic hydroxyl groups is 1. The Morgan fingerprint density at radius 2 is 1.97 bits per heavy atom. The van der Waals surface area contributed by atoms with Gasteiger partial charge in [-0.2, -0.15) is 0 Å². The average Bonchev–Trinajstić information content (AvgIpc) is 2.66. The highest BCUT2D eigenvalue weighted by Gasteiger charge is 2.26. The number of aliphatic hydroxyl groups excluding tert-OH is 1. The number of rotatable bonds is 5. The van der Waals surface area contributed by atoms with Gasteiger partial charge < -0.3 is 14.6 Å². The van der Waals surface area contributed by atoms with Gasteiger partial charge >= 0.3 is 5.97 Å². The van der Waals surface area contributed by atoms with Crippen molar-refractivity contribution in [2.45, 2.75) is 51.7 Å². The standard InChI is InChI=1S/C24H27FO4/c1-14(2)21-11-15(3)24(28-4)23(16-5-7-17(25)8-6-16)20(21)10-9-19-12-18(26)13-22(27)29-19/h5-11,14,18-19,26H,12-13H2,1-4H3/b10-9+. The van der Waals surface area contributed by atoms with Crippen LogP contribution in [0.4, 0.5) is 4.39 Å². The molecule has 0 aliphatic carbocycles. The largest absolute Gasteiger partial charge is 0.496 e. The van der Waals surface area contributed by atoms with Crippen LogP contribution in [0.1, 0.15) is 49.3 Å². The molecule has 2 aromatic carbocycles. The van der Waals surface area contributed by atoms with Gasteiger partial charge in [0.15, 0.2) is 0 Å². The van der Waals surface area contributed by atoms with Gasteiger partial charge in [-0.05, 0) is 53.3 Å². The molecule has 0 bridgehead atoms. The van der Waals surface area contributed by atoms with Crippen molar-refractivity contribution in [2.24, 2.45) is 0 Å². The average molecular weight is 398 g/mol. The molecule has 0 aromatic heterocycles. The molecule has 5 heteroatoms. The van der Waals surface area contributed by atoms with Gasteiger partial charge in [-0.15, -0.1) is 0 Å². The zero-order valence-corrected chi connectivity index (χ0v) is 17.2. The van der Waals surface area contributed by atoms with Crippen molar-refractivity contribution < 1.29 is 23.8 Å². The van der Waals surface area contributed by atoms with Gasteiger partial charge in [-0.25, -0.2) is 4.39 Å². The van der Waals surface area contributed by atoms with E-state index in [9.17, 15) is 14.3 Å². The van der Waals surface area contributed by atoms with Gasteiger partial charge in [0.1, 0.15) is 17.7 Å². The number of esters is 1. The van der Waals surface area contributed by atoms with Crippen molar-refractivity contribution in [3.05, 3.63) is 58.9 Å². The molecule has 3 rings (SSSR count). The fourth-order valence-corrected chi connectivity index (χ4v) is 3.79. The van der Waals surface area contributed by atoms with Gasteiger partial charge in [0.2, 0.25) is 0 Å². The maximum atomic E-state index is 13.5. The molecule has 0 saturated carbocycles. The van der Waals surface area contributed by atoms with E-state index in [4.69, 9.17) is 9.47 Å². The first-order chi connectivity index (χ1) is 13.8. The van der Waals surface area contributed by atoms with E-state index in [0.29, 0.717) is 6.42 Å². The van der Waals surface area contributed by atoms with Crippen LogP contribution in [0, 0.1) is 12.7 Å². The predicted molar refractivity (Wildman–Crippen MR) is 111 cm³/mol. The molecule has 1 heterocycles. The Morgan fingerprint density at radius 1 is 1.28 bits per heavy atom. The smallest absolute Gasteiger partial charge is 0.309 e. The lowest BCUT2D eigenvalue weighted by molar-refractivity contribution is -0.156. The number of hydrogen-bond donors (Lipinski definition) is 1. The van der Waals surface area contributed by atoms with Crippen LogP contribution in [-0.2, 0) is 9.53 Å². The molecule has 2 atom stereocenters. The van der Waals surface area contributed by atoms with Crippen LogP contribution in [0.25, 0.3) is 17.2 Å². The minimum Gasteiger partial charge on any atom is -0.496 e. The van der Waals surface area contributed by atoms with Gasteiger partial charge in [-0.1, -0.05) is 38.1 Å². The first kappa shape index (κ1) is 21.1. The second-order valence-electron chi connectivity index (χ2n) is 7.75. The first-order valence-corrected chi connectivity index (χ1v) is 9.83. The molecular formula is C24H27FO4. The van der Waals surface area contributed by atoms with Crippen molar-refractivity contribution in [2.75, 3.05) is 7.11 Å². The van der Waals surface area contributed by atoms with Crippen LogP contribution in [0.3, 0.4) is 0 Å². The van der Waals surface area contributed by atoms with E-state index in [2.05, 4.69) is 19.9 Å². The molecular weight excluding hydrogens is 371 g/mol. The van der Waals surface area contributed by atoms with Gasteiger partial charge in [0.25, 0.3) is 0 Å². The molecule has 1 aliphatic heterocycles. The molecule has 0 amide bonds. The number of halogens is 1.